The lowest BCUT2D eigenvalue weighted by molar-refractivity contribution is 0.0971. The smallest absolute Gasteiger partial charge is 0.348 e. The van der Waals surface area contributed by atoms with Crippen molar-refractivity contribution in [2.24, 2.45) is 5.41 Å². The fourth-order valence-electron chi connectivity index (χ4n) is 4.96. The van der Waals surface area contributed by atoms with Crippen LogP contribution >= 0.6 is 0 Å². The van der Waals surface area contributed by atoms with E-state index in [2.05, 4.69) is 16.5 Å². The van der Waals surface area contributed by atoms with Gasteiger partial charge in [-0.05, 0) is 60.8 Å². The molecule has 168 valence electrons. The number of fused-ring (bicyclic) bond motifs is 3. The van der Waals surface area contributed by atoms with E-state index in [0.717, 1.165) is 55.3 Å². The molecule has 1 aromatic heterocycles. The second-order valence-electron chi connectivity index (χ2n) is 9.51. The van der Waals surface area contributed by atoms with Gasteiger partial charge in [0, 0.05) is 11.1 Å². The number of nitrogens with zero attached hydrogens (tertiary/aromatic N) is 4. The molecule has 32 heavy (non-hydrogen) atoms. The highest BCUT2D eigenvalue weighted by atomic mass is 32.2. The predicted octanol–water partition coefficient (Wildman–Crippen LogP) is 3.61. The standard InChI is InChI=1S/C22H26N6O3S/c1-22(2)11-27-20(31-12-22)18(10-25-27)32(24,30)28(13-23)21(29)26-19-16-7-3-5-14(16)9-15-6-4-8-17(15)19/h9-10,24H,3-8,11-12H2,1-2H3,(H,26,29). The number of carbonyl (C=O) groups is 1. The van der Waals surface area contributed by atoms with Gasteiger partial charge in [-0.25, -0.2) is 18.5 Å². The number of urea groups is 1. The van der Waals surface area contributed by atoms with Crippen LogP contribution in [0.4, 0.5) is 10.5 Å². The summed E-state index contributed by atoms with van der Waals surface area (Å²) in [6, 6.07) is 1.38. The Labute approximate surface area is 187 Å². The molecule has 2 N–H and O–H groups in total. The number of rotatable bonds is 3. The van der Waals surface area contributed by atoms with E-state index in [1.165, 1.54) is 22.0 Å². The average Bonchev–Trinajstić information content (AvgIpc) is 3.45. The molecule has 0 radical (unpaired) electrons. The average molecular weight is 455 g/mol. The van der Waals surface area contributed by atoms with Gasteiger partial charge < -0.3 is 10.1 Å². The Kier molecular flexibility index (Phi) is 4.71. The number of hydrogen-bond donors (Lipinski definition) is 2. The first-order valence-electron chi connectivity index (χ1n) is 10.9. The summed E-state index contributed by atoms with van der Waals surface area (Å²) < 4.78 is 29.7. The van der Waals surface area contributed by atoms with E-state index < -0.39 is 15.9 Å². The Bertz CT molecular complexity index is 1240. The molecule has 0 saturated carbocycles. The van der Waals surface area contributed by atoms with Gasteiger partial charge in [0.2, 0.25) is 12.1 Å². The van der Waals surface area contributed by atoms with Gasteiger partial charge in [0.25, 0.3) is 0 Å². The van der Waals surface area contributed by atoms with Crippen LogP contribution in [-0.2, 0) is 42.1 Å². The first-order chi connectivity index (χ1) is 15.2. The monoisotopic (exact) mass is 454 g/mol. The quantitative estimate of drug-likeness (QED) is 0.541. The van der Waals surface area contributed by atoms with Crippen LogP contribution in [-0.4, -0.2) is 30.9 Å². The van der Waals surface area contributed by atoms with Gasteiger partial charge in [-0.1, -0.05) is 19.9 Å². The molecule has 0 spiro atoms. The molecule has 0 saturated heterocycles. The first-order valence-corrected chi connectivity index (χ1v) is 12.4. The first kappa shape index (κ1) is 20.8. The Balaban J connectivity index is 1.48. The second kappa shape index (κ2) is 7.24. The Morgan fingerprint density at radius 3 is 2.56 bits per heavy atom. The van der Waals surface area contributed by atoms with Gasteiger partial charge in [0.05, 0.1) is 19.3 Å². The second-order valence-corrected chi connectivity index (χ2v) is 11.4. The number of amides is 2. The summed E-state index contributed by atoms with van der Waals surface area (Å²) in [4.78, 5) is 13.1. The van der Waals surface area contributed by atoms with Crippen molar-refractivity contribution in [2.75, 3.05) is 11.9 Å². The summed E-state index contributed by atoms with van der Waals surface area (Å²) in [6.07, 6.45) is 8.65. The summed E-state index contributed by atoms with van der Waals surface area (Å²) in [6.45, 7) is 4.92. The maximum absolute atomic E-state index is 13.5. The molecule has 0 bridgehead atoms. The molecule has 5 rings (SSSR count). The van der Waals surface area contributed by atoms with E-state index in [0.29, 0.717) is 17.5 Å². The van der Waals surface area contributed by atoms with Gasteiger partial charge in [0.1, 0.15) is 0 Å². The minimum atomic E-state index is -3.98. The molecule has 1 atom stereocenters. The SMILES string of the molecule is CC1(C)COc2c(S(=N)(=O)N(C#N)C(=O)Nc3c4c(cc5c3CCC5)CCC4)cnn2C1. The lowest BCUT2D eigenvalue weighted by atomic mass is 9.94. The van der Waals surface area contributed by atoms with Crippen molar-refractivity contribution in [3.8, 4) is 12.1 Å². The molecule has 1 unspecified atom stereocenters. The lowest BCUT2D eigenvalue weighted by Crippen LogP contribution is -2.37. The summed E-state index contributed by atoms with van der Waals surface area (Å²) in [5, 5.41) is 16.8. The molecule has 2 amide bonds. The van der Waals surface area contributed by atoms with Crippen LogP contribution in [0.25, 0.3) is 0 Å². The molecule has 1 aliphatic heterocycles. The van der Waals surface area contributed by atoms with Crippen LogP contribution in [0, 0.1) is 21.6 Å². The highest BCUT2D eigenvalue weighted by molar-refractivity contribution is 7.91. The summed E-state index contributed by atoms with van der Waals surface area (Å²) in [5.41, 5.74) is 5.24. The van der Waals surface area contributed by atoms with Crippen molar-refractivity contribution in [2.45, 2.75) is 63.8 Å². The van der Waals surface area contributed by atoms with Crippen LogP contribution in [0.2, 0.25) is 0 Å². The molecular weight excluding hydrogens is 428 g/mol. The van der Waals surface area contributed by atoms with Crippen molar-refractivity contribution >= 4 is 21.6 Å². The van der Waals surface area contributed by atoms with Crippen molar-refractivity contribution in [3.63, 3.8) is 0 Å². The van der Waals surface area contributed by atoms with E-state index >= 15 is 0 Å². The molecule has 9 nitrogen and oxygen atoms in total. The van der Waals surface area contributed by atoms with Crippen molar-refractivity contribution in [1.82, 2.24) is 14.1 Å². The molecular formula is C22H26N6O3S. The number of aromatic nitrogens is 2. The van der Waals surface area contributed by atoms with Crippen molar-refractivity contribution in [3.05, 3.63) is 34.5 Å². The van der Waals surface area contributed by atoms with Crippen LogP contribution in [0.1, 0.15) is 48.9 Å². The Morgan fingerprint density at radius 2 is 1.94 bits per heavy atom. The predicted molar refractivity (Wildman–Crippen MR) is 118 cm³/mol. The molecule has 2 aliphatic carbocycles. The van der Waals surface area contributed by atoms with Gasteiger partial charge >= 0.3 is 6.03 Å². The maximum atomic E-state index is 13.5. The van der Waals surface area contributed by atoms with E-state index in [-0.39, 0.29) is 16.2 Å². The van der Waals surface area contributed by atoms with E-state index in [1.54, 1.807) is 6.19 Å². The fraction of sp³-hybridized carbons (Fsp3) is 0.500. The number of ether oxygens (including phenoxy) is 1. The molecule has 2 aromatic rings. The topological polar surface area (TPSA) is 124 Å². The molecule has 2 heterocycles. The highest BCUT2D eigenvalue weighted by Gasteiger charge is 2.37. The molecule has 1 aromatic carbocycles. The van der Waals surface area contributed by atoms with Crippen molar-refractivity contribution < 1.29 is 13.7 Å². The normalized spacial score (nSPS) is 19.7. The van der Waals surface area contributed by atoms with Gasteiger partial charge in [-0.3, -0.25) is 0 Å². The molecule has 10 heteroatoms. The number of aryl methyl sites for hydroxylation is 2. The third-order valence-corrected chi connectivity index (χ3v) is 8.11. The Hall–Kier alpha value is -3.06. The number of hydrogen-bond acceptors (Lipinski definition) is 6. The zero-order valence-electron chi connectivity index (χ0n) is 18.2. The number of benzene rings is 1. The number of nitrogens with one attached hydrogen (secondary N) is 2. The number of nitriles is 1. The summed E-state index contributed by atoms with van der Waals surface area (Å²) in [5.74, 6) is 0.180. The summed E-state index contributed by atoms with van der Waals surface area (Å²) in [7, 11) is -3.98. The lowest BCUT2D eigenvalue weighted by Gasteiger charge is -2.30. The molecule has 0 fully saturated rings. The van der Waals surface area contributed by atoms with Gasteiger partial charge in [-0.15, -0.1) is 4.31 Å². The van der Waals surface area contributed by atoms with Crippen LogP contribution < -0.4 is 10.1 Å². The third-order valence-electron chi connectivity index (χ3n) is 6.47. The van der Waals surface area contributed by atoms with Gasteiger partial charge in [0.15, 0.2) is 14.8 Å². The Morgan fingerprint density at radius 1 is 1.28 bits per heavy atom. The van der Waals surface area contributed by atoms with Gasteiger partial charge in [-0.2, -0.15) is 10.4 Å². The minimum Gasteiger partial charge on any atom is -0.476 e. The fourth-order valence-corrected chi connectivity index (χ4v) is 6.14. The van der Waals surface area contributed by atoms with Crippen LogP contribution in [0.3, 0.4) is 0 Å². The molecule has 3 aliphatic rings. The highest BCUT2D eigenvalue weighted by Crippen LogP contribution is 2.39. The largest absolute Gasteiger partial charge is 0.476 e. The van der Waals surface area contributed by atoms with Crippen LogP contribution in [0.5, 0.6) is 5.88 Å². The zero-order valence-corrected chi connectivity index (χ0v) is 19.0. The summed E-state index contributed by atoms with van der Waals surface area (Å²) >= 11 is 0. The van der Waals surface area contributed by atoms with E-state index in [1.807, 2.05) is 13.8 Å². The van der Waals surface area contributed by atoms with E-state index in [4.69, 9.17) is 9.52 Å². The number of carbonyl (C=O) groups excluding carboxylic acids is 1. The maximum Gasteiger partial charge on any atom is 0.348 e. The van der Waals surface area contributed by atoms with E-state index in [9.17, 15) is 14.3 Å². The minimum absolute atomic E-state index is 0.0618. The van der Waals surface area contributed by atoms with Crippen LogP contribution in [0.15, 0.2) is 17.2 Å². The van der Waals surface area contributed by atoms with Crippen molar-refractivity contribution in [1.29, 1.82) is 10.0 Å². The third kappa shape index (κ3) is 3.23. The zero-order chi connectivity index (χ0) is 22.7. The number of anilines is 1.